The Kier molecular flexibility index (Phi) is 48.7. The smallest absolute Gasteiger partial charge is 0.328 e. The van der Waals surface area contributed by atoms with Crippen LogP contribution < -0.4 is 102 Å². The number of carbonyl (C=O) groups is 19. The summed E-state index contributed by atoms with van der Waals surface area (Å²) in [6, 6.07) is -19.5. The number of imidazole rings is 1. The van der Waals surface area contributed by atoms with Gasteiger partial charge in [0.15, 0.2) is 0 Å². The Balaban J connectivity index is 1.88. The monoisotopic (exact) mass is 1840 g/mol. The number of aliphatic carboxylic acids is 2. The summed E-state index contributed by atoms with van der Waals surface area (Å²) in [5.41, 5.74) is 17.8. The van der Waals surface area contributed by atoms with E-state index in [1.54, 1.807) is 58.0 Å². The number of likely N-dealkylation sites (tertiary alicyclic amines) is 1. The van der Waals surface area contributed by atoms with E-state index in [9.17, 15) is 127 Å². The highest BCUT2D eigenvalue weighted by atomic mass is 16.4. The van der Waals surface area contributed by atoms with Gasteiger partial charge in [0.2, 0.25) is 100 Å². The lowest BCUT2D eigenvalue weighted by molar-refractivity contribution is -0.143. The molecule has 20 atom stereocenters. The molecule has 1 aromatic heterocycles. The topological polar surface area (TPSA) is 789 Å². The number of hydrogen-bond donors (Lipinski definition) is 28. The number of benzene rings is 1. The zero-order chi connectivity index (χ0) is 98.1. The molecule has 130 heavy (non-hydrogen) atoms. The summed E-state index contributed by atoms with van der Waals surface area (Å²) in [5, 5.41) is 119. The quantitative estimate of drug-likeness (QED) is 0.0274. The molecule has 2 heterocycles. The van der Waals surface area contributed by atoms with Gasteiger partial charge in [0.05, 0.1) is 57.4 Å². The van der Waals surface area contributed by atoms with Crippen molar-refractivity contribution >= 4 is 112 Å². The minimum atomic E-state index is -2.12. The van der Waals surface area contributed by atoms with E-state index in [0.29, 0.717) is 18.4 Å². The van der Waals surface area contributed by atoms with Gasteiger partial charge >= 0.3 is 11.9 Å². The fourth-order valence-electron chi connectivity index (χ4n) is 13.2. The molecule has 31 N–H and O–H groups in total. The number of carboxylic acid groups (broad SMARTS) is 2. The summed E-state index contributed by atoms with van der Waals surface area (Å²) in [5.74, 6) is -22.7. The van der Waals surface area contributed by atoms with Crippen molar-refractivity contribution in [3.8, 4) is 0 Å². The molecule has 1 aromatic carbocycles. The Bertz CT molecular complexity index is 4120. The number of aromatic amines is 1. The maximum atomic E-state index is 14.7. The van der Waals surface area contributed by atoms with Crippen LogP contribution in [0.15, 0.2) is 42.9 Å². The average molecular weight is 1850 g/mol. The number of unbranched alkanes of at least 4 members (excludes halogenated alkanes) is 2. The molecule has 0 aliphatic carbocycles. The Hall–Kier alpha value is -12.0. The highest BCUT2D eigenvalue weighted by Gasteiger charge is 2.43. The lowest BCUT2D eigenvalue weighted by atomic mass is 9.99. The van der Waals surface area contributed by atoms with Crippen LogP contribution in [0.25, 0.3) is 0 Å². The minimum absolute atomic E-state index is 0.0227. The van der Waals surface area contributed by atoms with Gasteiger partial charge in [0.1, 0.15) is 103 Å². The van der Waals surface area contributed by atoms with Gasteiger partial charge in [-0.1, -0.05) is 71.9 Å². The number of aromatic nitrogens is 2. The first-order valence-corrected chi connectivity index (χ1v) is 42.8. The van der Waals surface area contributed by atoms with E-state index in [1.807, 2.05) is 5.32 Å². The van der Waals surface area contributed by atoms with Crippen LogP contribution in [0.4, 0.5) is 0 Å². The van der Waals surface area contributed by atoms with Gasteiger partial charge in [-0.2, -0.15) is 0 Å². The van der Waals surface area contributed by atoms with Gasteiger partial charge < -0.3 is 153 Å². The van der Waals surface area contributed by atoms with Crippen LogP contribution in [0.2, 0.25) is 0 Å². The largest absolute Gasteiger partial charge is 0.481 e. The lowest BCUT2D eigenvalue weighted by Gasteiger charge is -2.32. The van der Waals surface area contributed by atoms with Crippen LogP contribution >= 0.6 is 0 Å². The normalized spacial score (nSPS) is 16.9. The van der Waals surface area contributed by atoms with Gasteiger partial charge in [-0.05, 0) is 129 Å². The summed E-state index contributed by atoms with van der Waals surface area (Å²) in [6.07, 6.45) is -3.62. The van der Waals surface area contributed by atoms with Crippen LogP contribution in [0.3, 0.4) is 0 Å². The molecule has 0 bridgehead atoms. The maximum absolute atomic E-state index is 14.7. The number of rotatable bonds is 58. The highest BCUT2D eigenvalue weighted by Crippen LogP contribution is 2.22. The number of nitrogens with zero attached hydrogens (tertiary/aromatic N) is 2. The number of carbonyl (C=O) groups excluding carboxylic acids is 17. The molecule has 49 nitrogen and oxygen atoms in total. The van der Waals surface area contributed by atoms with Crippen molar-refractivity contribution < 1.29 is 132 Å². The Labute approximate surface area is 750 Å². The van der Waals surface area contributed by atoms with Crippen molar-refractivity contribution in [3.63, 3.8) is 0 Å². The van der Waals surface area contributed by atoms with E-state index in [0.717, 1.165) is 18.7 Å². The van der Waals surface area contributed by atoms with Crippen LogP contribution in [-0.4, -0.2) is 335 Å². The number of amides is 17. The number of carboxylic acids is 2. The first-order valence-electron chi connectivity index (χ1n) is 42.8. The Morgan fingerprint density at radius 3 is 1.35 bits per heavy atom. The third kappa shape index (κ3) is 37.6. The number of nitrogens with two attached hydrogens (primary N) is 3. The van der Waals surface area contributed by atoms with Crippen LogP contribution in [-0.2, 0) is 104 Å². The predicted octanol–water partition coefficient (Wildman–Crippen LogP) is -10.8. The molecule has 0 unspecified atom stereocenters. The first kappa shape index (κ1) is 112. The van der Waals surface area contributed by atoms with Gasteiger partial charge in [0, 0.05) is 31.3 Å². The molecular weight excluding hydrogens is 1710 g/mol. The number of H-pyrrole nitrogens is 1. The van der Waals surface area contributed by atoms with Gasteiger partial charge in [-0.25, -0.2) is 9.78 Å². The Morgan fingerprint density at radius 2 is 0.869 bits per heavy atom. The average Bonchev–Trinajstić information content (AvgIpc) is 1.65. The van der Waals surface area contributed by atoms with E-state index >= 15 is 0 Å². The first-order chi connectivity index (χ1) is 61.1. The van der Waals surface area contributed by atoms with Crippen molar-refractivity contribution in [2.75, 3.05) is 46.0 Å². The second kappa shape index (κ2) is 56.5. The van der Waals surface area contributed by atoms with E-state index in [-0.39, 0.29) is 76.2 Å². The SMILES string of the molecule is CC(C)C[C@H](NC(=O)[C@@H](NC(=O)[C@@H](N)CO)[C@@H](C)O)C(=O)N[C@H](C(=O)NCC(=O)N[C@@H](Cc1cnc[nH]1)C(=O)N[C@@H](CC(=O)O)C(=O)N[C@H](C(=O)N[C@@H](Cc1ccccc1)C(=O)N[C@H](C(=O)N[C@@H](CCCCN)C(=O)N[C@H](C(=O)N[C@@H](CCCCN)C(=O)N1CCC[C@H]1C(=O)N[C@@H](CO)C(=O)N[C@@H](C)C(=O)N[C@@H](C)C(=O)N[C@@H](CO)C(=O)O)C(C)C)[C@@H](C)O)[C@@H](C)O)C(C)C. The molecule has 0 saturated carbocycles. The molecule has 49 heteroatoms. The minimum Gasteiger partial charge on any atom is -0.481 e. The fraction of sp³-hybridized carbons (Fsp3) is 0.654. The zero-order valence-corrected chi connectivity index (χ0v) is 74.7. The molecule has 0 radical (unpaired) electrons. The molecule has 1 aliphatic heterocycles. The van der Waals surface area contributed by atoms with Gasteiger partial charge in [-0.3, -0.25) is 86.3 Å². The molecule has 1 aliphatic rings. The molecule has 1 saturated heterocycles. The molecular formula is C81H132N22O27. The molecule has 3 rings (SSSR count). The van der Waals surface area contributed by atoms with Crippen molar-refractivity contribution in [2.45, 2.75) is 274 Å². The number of nitrogens with one attached hydrogen (secondary N) is 17. The van der Waals surface area contributed by atoms with Crippen molar-refractivity contribution in [3.05, 3.63) is 54.1 Å². The standard InChI is InChI=1S/C81H132N22O27/c1-38(2)28-51(94-78(126)62(43(9)107)100-67(115)48(84)34-104)70(118)98-60(39(3)4)75(123)86-33-58(110)90-53(30-47-32-85-37-87-47)69(117)93-54(31-59(111)112)72(120)102-64(45(11)109)79(127)95-52(29-46-20-13-12-14-21-46)71(119)101-63(44(10)108)77(125)91-49(22-15-17-25-82)68(116)99-61(40(5)6)76(124)92-50(23-16-18-26-83)80(128)103-27-19-24-57(103)74(122)96-55(35-105)73(121)89-41(7)65(113)88-42(8)66(114)97-56(36-106)81(129)130/h12-14,20-21,32,37-45,48-57,60-64,104-109H,15-19,22-31,33-36,82-84H2,1-11H3,(H,85,87)(H,86,123)(H,88,113)(H,89,121)(H,90,110)(H,91,125)(H,92,124)(H,93,117)(H,94,126)(H,95,127)(H,96,122)(H,97,114)(H,98,118)(H,99,116)(H,100,115)(H,101,119)(H,102,120)(H,111,112)(H,129,130)/t41-,42-,43+,44+,45+,48-,49-,50-,51-,52-,53-,54-,55-,56-,57-,60-,61-,62-,63-,64-/m0/s1. The van der Waals surface area contributed by atoms with E-state index < -0.39 is 291 Å². The van der Waals surface area contributed by atoms with Gasteiger partial charge in [-0.15, -0.1) is 0 Å². The predicted molar refractivity (Wildman–Crippen MR) is 460 cm³/mol. The molecule has 728 valence electrons. The van der Waals surface area contributed by atoms with Crippen LogP contribution in [0.5, 0.6) is 0 Å². The van der Waals surface area contributed by atoms with Crippen molar-refractivity contribution in [2.24, 2.45) is 35.0 Å². The van der Waals surface area contributed by atoms with Crippen molar-refractivity contribution in [1.29, 1.82) is 0 Å². The van der Waals surface area contributed by atoms with E-state index in [1.165, 1.54) is 47.1 Å². The zero-order valence-electron chi connectivity index (χ0n) is 74.7. The Morgan fingerprint density at radius 1 is 0.446 bits per heavy atom. The molecule has 0 spiro atoms. The highest BCUT2D eigenvalue weighted by molar-refractivity contribution is 6.02. The third-order valence-electron chi connectivity index (χ3n) is 20.6. The number of aliphatic hydroxyl groups excluding tert-OH is 6. The third-order valence-corrected chi connectivity index (χ3v) is 20.6. The number of aliphatic hydroxyl groups is 6. The summed E-state index contributed by atoms with van der Waals surface area (Å²) in [4.78, 5) is 268. The van der Waals surface area contributed by atoms with E-state index in [4.69, 9.17) is 22.3 Å². The summed E-state index contributed by atoms with van der Waals surface area (Å²) in [6.45, 7) is 11.9. The van der Waals surface area contributed by atoms with Crippen LogP contribution in [0, 0.1) is 17.8 Å². The lowest BCUT2D eigenvalue weighted by Crippen LogP contribution is -2.63. The maximum Gasteiger partial charge on any atom is 0.328 e. The summed E-state index contributed by atoms with van der Waals surface area (Å²) in [7, 11) is 0. The summed E-state index contributed by atoms with van der Waals surface area (Å²) >= 11 is 0. The molecule has 2 aromatic rings. The second-order valence-corrected chi connectivity index (χ2v) is 32.8. The van der Waals surface area contributed by atoms with E-state index in [2.05, 4.69) is 89.7 Å². The molecule has 1 fully saturated rings. The second-order valence-electron chi connectivity index (χ2n) is 32.8. The van der Waals surface area contributed by atoms with Gasteiger partial charge in [0.25, 0.3) is 0 Å². The fourth-order valence-corrected chi connectivity index (χ4v) is 13.2. The summed E-state index contributed by atoms with van der Waals surface area (Å²) < 4.78 is 0. The number of hydrogen-bond acceptors (Lipinski definition) is 29. The van der Waals surface area contributed by atoms with Crippen molar-refractivity contribution in [1.82, 2.24) is 99.9 Å². The van der Waals surface area contributed by atoms with Crippen LogP contribution in [0.1, 0.15) is 152 Å². The molecule has 17 amide bonds.